The maximum absolute atomic E-state index is 11.1. The van der Waals surface area contributed by atoms with Crippen LogP contribution in [-0.4, -0.2) is 24.7 Å². The molecule has 8 heavy (non-hydrogen) atoms. The molecule has 0 unspecified atom stereocenters. The van der Waals surface area contributed by atoms with E-state index in [1.54, 1.807) is 0 Å². The highest BCUT2D eigenvalue weighted by molar-refractivity contribution is 5.47. The Bertz CT molecular complexity index is 89.0. The van der Waals surface area contributed by atoms with Crippen LogP contribution in [0.3, 0.4) is 0 Å². The molecule has 0 aromatic heterocycles. The maximum Gasteiger partial charge on any atom is 0.487 e. The molecule has 1 radical (unpaired) electrons. The third-order valence-corrected chi connectivity index (χ3v) is 0.517. The molecular weight excluding hydrogens is 123 g/mol. The van der Waals surface area contributed by atoms with Gasteiger partial charge >= 0.3 is 12.7 Å². The summed E-state index contributed by atoms with van der Waals surface area (Å²) in [5, 5.41) is 0. The Morgan fingerprint density at radius 1 is 1.50 bits per heavy atom. The minimum atomic E-state index is -4.58. The number of nitrogens with zero attached hydrogens (tertiary/aromatic N) is 1. The molecule has 1 amide bonds. The molecule has 0 heterocycles. The smallest absolute Gasteiger partial charge is 0.263 e. The average molecular weight is 126 g/mol. The normalized spacial score (nSPS) is 11.0. The van der Waals surface area contributed by atoms with Crippen LogP contribution < -0.4 is 0 Å². The second kappa shape index (κ2) is 2.02. The summed E-state index contributed by atoms with van der Waals surface area (Å²) in [6, 6.07) is 0. The summed E-state index contributed by atoms with van der Waals surface area (Å²) in [5.74, 6) is 0. The highest BCUT2D eigenvalue weighted by atomic mass is 19.4. The monoisotopic (exact) mass is 126 g/mol. The topological polar surface area (TPSA) is 20.3 Å². The third kappa shape index (κ3) is 1.81. The molecule has 0 saturated heterocycles. The van der Waals surface area contributed by atoms with Crippen LogP contribution in [0.25, 0.3) is 0 Å². The number of alkyl halides is 3. The van der Waals surface area contributed by atoms with Crippen molar-refractivity contribution in [3.63, 3.8) is 0 Å². The van der Waals surface area contributed by atoms with Crippen LogP contribution in [0.4, 0.5) is 13.2 Å². The quantitative estimate of drug-likeness (QED) is 0.370. The molecule has 0 atom stereocenters. The van der Waals surface area contributed by atoms with Gasteiger partial charge in [-0.3, -0.25) is 4.79 Å². The van der Waals surface area contributed by atoms with Crippen molar-refractivity contribution in [2.45, 2.75) is 6.30 Å². The van der Waals surface area contributed by atoms with E-state index in [0.29, 0.717) is 13.5 Å². The van der Waals surface area contributed by atoms with Crippen LogP contribution >= 0.6 is 0 Å². The molecule has 47 valence electrons. The summed E-state index contributed by atoms with van der Waals surface area (Å²) in [6.07, 6.45) is -3.92. The molecule has 0 rings (SSSR count). The second-order valence-electron chi connectivity index (χ2n) is 1.12. The van der Waals surface area contributed by atoms with Gasteiger partial charge in [-0.05, 0) is 0 Å². The summed E-state index contributed by atoms with van der Waals surface area (Å²) >= 11 is 0. The summed E-state index contributed by atoms with van der Waals surface area (Å²) in [7, 11) is 0.590. The van der Waals surface area contributed by atoms with E-state index in [-0.39, 0.29) is 0 Å². The summed E-state index contributed by atoms with van der Waals surface area (Å²) in [6.45, 7) is 0. The van der Waals surface area contributed by atoms with E-state index in [1.165, 1.54) is 0 Å². The van der Waals surface area contributed by atoms with Gasteiger partial charge in [-0.15, -0.1) is 13.2 Å². The number of hydrogen-bond donors (Lipinski definition) is 0. The van der Waals surface area contributed by atoms with E-state index in [0.717, 1.165) is 0 Å². The van der Waals surface area contributed by atoms with Crippen LogP contribution in [0.15, 0.2) is 0 Å². The minimum absolute atomic E-state index is 0.493. The molecule has 0 aliphatic heterocycles. The van der Waals surface area contributed by atoms with Crippen LogP contribution in [0, 0.1) is 0 Å². The highest BCUT2D eigenvalue weighted by Crippen LogP contribution is 2.16. The number of amides is 1. The van der Waals surface area contributed by atoms with Crippen molar-refractivity contribution in [2.75, 3.05) is 7.05 Å². The molecule has 0 spiro atoms. The van der Waals surface area contributed by atoms with Crippen molar-refractivity contribution in [3.05, 3.63) is 0 Å². The molecule has 0 aromatic rings. The molecule has 0 fully saturated rings. The van der Waals surface area contributed by atoms with E-state index in [1.807, 2.05) is 0 Å². The summed E-state index contributed by atoms with van der Waals surface area (Å²) in [4.78, 5) is 8.74. The Morgan fingerprint density at radius 3 is 1.88 bits per heavy atom. The molecule has 5 heteroatoms. The number of halogens is 3. The molecule has 0 aromatic carbocycles. The predicted molar refractivity (Wildman–Crippen MR) is 19.5 cm³/mol. The lowest BCUT2D eigenvalue weighted by Crippen LogP contribution is -2.32. The number of carbonyl (C=O) groups excluding carboxylic acids is 1. The van der Waals surface area contributed by atoms with Gasteiger partial charge in [-0.1, -0.05) is 0 Å². The number of rotatable bonds is 1. The molecule has 0 aliphatic carbocycles. The van der Waals surface area contributed by atoms with Gasteiger partial charge in [0.15, 0.2) is 0 Å². The first-order valence-corrected chi connectivity index (χ1v) is 1.67. The SMILES string of the molecule is CN([C]=O)C(F)(F)F. The standard InChI is InChI=1S/C3H3F3NO/c1-7(2-8)3(4,5)6/h1H3. The van der Waals surface area contributed by atoms with Gasteiger partial charge in [0, 0.05) is 7.05 Å². The van der Waals surface area contributed by atoms with Crippen LogP contribution in [0.5, 0.6) is 0 Å². The second-order valence-corrected chi connectivity index (χ2v) is 1.12. The molecule has 2 nitrogen and oxygen atoms in total. The zero-order valence-corrected chi connectivity index (χ0v) is 3.99. The summed E-state index contributed by atoms with van der Waals surface area (Å²) < 4.78 is 33.3. The molecular formula is C3H3F3NO. The Kier molecular flexibility index (Phi) is 1.83. The van der Waals surface area contributed by atoms with Crippen molar-refractivity contribution in [2.24, 2.45) is 0 Å². The Morgan fingerprint density at radius 2 is 1.88 bits per heavy atom. The van der Waals surface area contributed by atoms with Crippen LogP contribution in [0.1, 0.15) is 0 Å². The van der Waals surface area contributed by atoms with E-state index in [9.17, 15) is 18.0 Å². The zero-order chi connectivity index (χ0) is 6.78. The van der Waals surface area contributed by atoms with Crippen molar-refractivity contribution in [1.29, 1.82) is 0 Å². The van der Waals surface area contributed by atoms with Gasteiger partial charge in [0.2, 0.25) is 0 Å². The maximum atomic E-state index is 11.1. The van der Waals surface area contributed by atoms with Gasteiger partial charge in [0.05, 0.1) is 0 Å². The Labute approximate surface area is 43.9 Å². The van der Waals surface area contributed by atoms with E-state index in [2.05, 4.69) is 0 Å². The van der Waals surface area contributed by atoms with Crippen molar-refractivity contribution >= 4 is 6.41 Å². The van der Waals surface area contributed by atoms with Crippen LogP contribution in [-0.2, 0) is 4.79 Å². The van der Waals surface area contributed by atoms with E-state index >= 15 is 0 Å². The van der Waals surface area contributed by atoms with Crippen molar-refractivity contribution < 1.29 is 18.0 Å². The minimum Gasteiger partial charge on any atom is -0.263 e. The van der Waals surface area contributed by atoms with Crippen molar-refractivity contribution in [1.82, 2.24) is 4.90 Å². The van der Waals surface area contributed by atoms with Crippen LogP contribution in [0.2, 0.25) is 0 Å². The lowest BCUT2D eigenvalue weighted by molar-refractivity contribution is -0.209. The molecule has 0 saturated carbocycles. The lowest BCUT2D eigenvalue weighted by atomic mass is 10.9. The Balaban J connectivity index is 3.80. The molecule has 0 bridgehead atoms. The fourth-order valence-corrected chi connectivity index (χ4v) is 0.0518. The third-order valence-electron chi connectivity index (χ3n) is 0.517. The average Bonchev–Trinajstić information content (AvgIpc) is 1.62. The largest absolute Gasteiger partial charge is 0.487 e. The lowest BCUT2D eigenvalue weighted by Gasteiger charge is -2.11. The van der Waals surface area contributed by atoms with Gasteiger partial charge in [-0.2, -0.15) is 0 Å². The van der Waals surface area contributed by atoms with Gasteiger partial charge in [0.1, 0.15) is 0 Å². The summed E-state index contributed by atoms with van der Waals surface area (Å²) in [5.41, 5.74) is 0. The first-order valence-electron chi connectivity index (χ1n) is 1.67. The fraction of sp³-hybridized carbons (Fsp3) is 0.667. The first kappa shape index (κ1) is 7.26. The van der Waals surface area contributed by atoms with Crippen molar-refractivity contribution in [3.8, 4) is 0 Å². The fourth-order valence-electron chi connectivity index (χ4n) is 0.0518. The van der Waals surface area contributed by atoms with E-state index in [4.69, 9.17) is 0 Å². The zero-order valence-electron chi connectivity index (χ0n) is 3.99. The predicted octanol–water partition coefficient (Wildman–Crippen LogP) is 0.505. The van der Waals surface area contributed by atoms with Gasteiger partial charge in [-0.25, -0.2) is 4.90 Å². The Hall–Kier alpha value is -0.740. The first-order chi connectivity index (χ1) is 3.48. The van der Waals surface area contributed by atoms with E-state index < -0.39 is 11.2 Å². The van der Waals surface area contributed by atoms with Gasteiger partial charge < -0.3 is 0 Å². The van der Waals surface area contributed by atoms with Gasteiger partial charge in [0.25, 0.3) is 0 Å². The molecule has 0 aliphatic rings. The number of hydrogen-bond acceptors (Lipinski definition) is 1. The highest BCUT2D eigenvalue weighted by Gasteiger charge is 2.33. The molecule has 0 N–H and O–H groups in total.